The highest BCUT2D eigenvalue weighted by Gasteiger charge is 2.07. The van der Waals surface area contributed by atoms with E-state index in [2.05, 4.69) is 10.3 Å². The van der Waals surface area contributed by atoms with Gasteiger partial charge in [0.15, 0.2) is 4.77 Å². The van der Waals surface area contributed by atoms with Crippen LogP contribution < -0.4 is 10.1 Å². The zero-order chi connectivity index (χ0) is 13.1. The minimum Gasteiger partial charge on any atom is -0.497 e. The number of imidazole rings is 1. The lowest BCUT2D eigenvalue weighted by atomic mass is 10.3. The van der Waals surface area contributed by atoms with Gasteiger partial charge in [0.1, 0.15) is 5.75 Å². The highest BCUT2D eigenvalue weighted by molar-refractivity contribution is 7.71. The Bertz CT molecular complexity index is 630. The Hall–Kier alpha value is -1.82. The Balaban J connectivity index is 2.39. The number of aryl methyl sites for hydroxylation is 1. The molecule has 0 atom stereocenters. The molecule has 0 unspecified atom stereocenters. The van der Waals surface area contributed by atoms with E-state index in [-0.39, 0.29) is 5.91 Å². The third kappa shape index (κ3) is 2.38. The number of ether oxygens (including phenoxy) is 1. The molecular weight excluding hydrogens is 250 g/mol. The van der Waals surface area contributed by atoms with Crippen LogP contribution in [0.2, 0.25) is 0 Å². The molecule has 2 aromatic rings. The first kappa shape index (κ1) is 12.6. The van der Waals surface area contributed by atoms with Crippen molar-refractivity contribution in [3.8, 4) is 5.75 Å². The molecule has 0 radical (unpaired) electrons. The van der Waals surface area contributed by atoms with Crippen molar-refractivity contribution >= 4 is 29.2 Å². The van der Waals surface area contributed by atoms with Crippen LogP contribution in [0.4, 0.5) is 0 Å². The molecule has 0 aliphatic heterocycles. The normalized spacial score (nSPS) is 10.6. The Morgan fingerprint density at radius 3 is 3.00 bits per heavy atom. The number of nitrogens with one attached hydrogen (secondary N) is 2. The lowest BCUT2D eigenvalue weighted by molar-refractivity contribution is -0.120. The molecule has 2 N–H and O–H groups in total. The van der Waals surface area contributed by atoms with Gasteiger partial charge < -0.3 is 19.6 Å². The van der Waals surface area contributed by atoms with Gasteiger partial charge in [0.25, 0.3) is 0 Å². The van der Waals surface area contributed by atoms with Gasteiger partial charge in [-0.2, -0.15) is 0 Å². The number of carbonyl (C=O) groups is 1. The zero-order valence-electron chi connectivity index (χ0n) is 10.3. The predicted molar refractivity (Wildman–Crippen MR) is 72.4 cm³/mol. The number of nitrogens with zero attached hydrogens (tertiary/aromatic N) is 1. The molecule has 0 spiro atoms. The number of rotatable bonds is 4. The number of aromatic amines is 1. The molecule has 18 heavy (non-hydrogen) atoms. The van der Waals surface area contributed by atoms with Crippen LogP contribution in [0.15, 0.2) is 18.2 Å². The minimum atomic E-state index is -0.00542. The van der Waals surface area contributed by atoms with Crippen molar-refractivity contribution in [3.05, 3.63) is 23.0 Å². The monoisotopic (exact) mass is 265 g/mol. The lowest BCUT2D eigenvalue weighted by Gasteiger charge is -2.05. The van der Waals surface area contributed by atoms with Gasteiger partial charge in [-0.3, -0.25) is 4.79 Å². The van der Waals surface area contributed by atoms with Crippen molar-refractivity contribution in [1.82, 2.24) is 14.9 Å². The molecule has 1 heterocycles. The van der Waals surface area contributed by atoms with Gasteiger partial charge in [0.05, 0.1) is 18.1 Å². The topological polar surface area (TPSA) is 59.0 Å². The first-order valence-corrected chi connectivity index (χ1v) is 6.03. The molecule has 0 saturated carbocycles. The molecule has 5 nitrogen and oxygen atoms in total. The summed E-state index contributed by atoms with van der Waals surface area (Å²) in [6, 6.07) is 5.70. The van der Waals surface area contributed by atoms with Gasteiger partial charge in [-0.1, -0.05) is 0 Å². The van der Waals surface area contributed by atoms with E-state index in [1.54, 1.807) is 14.2 Å². The van der Waals surface area contributed by atoms with Crippen LogP contribution in [0.25, 0.3) is 11.0 Å². The van der Waals surface area contributed by atoms with Crippen LogP contribution in [0.1, 0.15) is 6.42 Å². The molecule has 96 valence electrons. The quantitative estimate of drug-likeness (QED) is 0.829. The number of fused-ring (bicyclic) bond motifs is 1. The minimum absolute atomic E-state index is 0.00542. The van der Waals surface area contributed by atoms with Crippen LogP contribution in [-0.4, -0.2) is 29.6 Å². The molecular formula is C12H15N3O2S. The maximum Gasteiger partial charge on any atom is 0.221 e. The summed E-state index contributed by atoms with van der Waals surface area (Å²) >= 11 is 5.26. The van der Waals surface area contributed by atoms with Crippen LogP contribution in [0.3, 0.4) is 0 Å². The number of H-pyrrole nitrogens is 1. The number of amides is 1. The van der Waals surface area contributed by atoms with Crippen molar-refractivity contribution in [1.29, 1.82) is 0 Å². The molecule has 1 aromatic carbocycles. The van der Waals surface area contributed by atoms with Crippen LogP contribution >= 0.6 is 12.2 Å². The molecule has 0 saturated heterocycles. The summed E-state index contributed by atoms with van der Waals surface area (Å²) in [6.07, 6.45) is 0.398. The molecule has 6 heteroatoms. The van der Waals surface area contributed by atoms with Gasteiger partial charge in [0, 0.05) is 26.1 Å². The van der Waals surface area contributed by atoms with E-state index >= 15 is 0 Å². The van der Waals surface area contributed by atoms with E-state index in [9.17, 15) is 4.79 Å². The standard InChI is InChI=1S/C12H15N3O2S/c1-13-11(16)5-6-15-10-7-8(17-2)3-4-9(10)14-12(15)18/h3-4,7H,5-6H2,1-2H3,(H,13,16)(H,14,18). The average molecular weight is 265 g/mol. The Kier molecular flexibility index (Phi) is 3.66. The summed E-state index contributed by atoms with van der Waals surface area (Å²) in [5.74, 6) is 0.763. The van der Waals surface area contributed by atoms with E-state index in [0.717, 1.165) is 16.8 Å². The van der Waals surface area contributed by atoms with Crippen molar-refractivity contribution in [2.24, 2.45) is 0 Å². The predicted octanol–water partition coefficient (Wildman–Crippen LogP) is 1.84. The van der Waals surface area contributed by atoms with Gasteiger partial charge >= 0.3 is 0 Å². The number of benzene rings is 1. The van der Waals surface area contributed by atoms with Crippen LogP contribution in [-0.2, 0) is 11.3 Å². The summed E-state index contributed by atoms with van der Waals surface area (Å²) in [5, 5.41) is 2.60. The molecule has 1 aromatic heterocycles. The number of carbonyl (C=O) groups excluding carboxylic acids is 1. The molecule has 1 amide bonds. The van der Waals surface area contributed by atoms with E-state index < -0.39 is 0 Å². The maximum absolute atomic E-state index is 11.3. The van der Waals surface area contributed by atoms with Crippen molar-refractivity contribution in [3.63, 3.8) is 0 Å². The van der Waals surface area contributed by atoms with E-state index in [0.29, 0.717) is 17.7 Å². The van der Waals surface area contributed by atoms with Gasteiger partial charge in [-0.05, 0) is 24.4 Å². The van der Waals surface area contributed by atoms with Gasteiger partial charge in [-0.15, -0.1) is 0 Å². The molecule has 2 rings (SSSR count). The zero-order valence-corrected chi connectivity index (χ0v) is 11.1. The summed E-state index contributed by atoms with van der Waals surface area (Å²) in [7, 11) is 3.25. The summed E-state index contributed by atoms with van der Waals surface area (Å²) in [4.78, 5) is 14.4. The van der Waals surface area contributed by atoms with Crippen molar-refractivity contribution in [2.75, 3.05) is 14.2 Å². The Morgan fingerprint density at radius 2 is 2.33 bits per heavy atom. The average Bonchev–Trinajstić information content (AvgIpc) is 2.70. The summed E-state index contributed by atoms with van der Waals surface area (Å²) in [6.45, 7) is 0.547. The van der Waals surface area contributed by atoms with Crippen LogP contribution in [0.5, 0.6) is 5.75 Å². The molecule has 0 aliphatic rings. The second-order valence-corrected chi connectivity index (χ2v) is 4.27. The fraction of sp³-hybridized carbons (Fsp3) is 0.333. The first-order chi connectivity index (χ1) is 8.65. The number of hydrogen-bond donors (Lipinski definition) is 2. The SMILES string of the molecule is CNC(=O)CCn1c(=S)[nH]c2ccc(OC)cc21. The van der Waals surface area contributed by atoms with E-state index in [1.807, 2.05) is 22.8 Å². The van der Waals surface area contributed by atoms with E-state index in [1.165, 1.54) is 0 Å². The maximum atomic E-state index is 11.3. The highest BCUT2D eigenvalue weighted by atomic mass is 32.1. The summed E-state index contributed by atoms with van der Waals surface area (Å²) in [5.41, 5.74) is 1.89. The number of hydrogen-bond acceptors (Lipinski definition) is 3. The Morgan fingerprint density at radius 1 is 1.56 bits per heavy atom. The largest absolute Gasteiger partial charge is 0.497 e. The molecule has 0 bridgehead atoms. The van der Waals surface area contributed by atoms with Gasteiger partial charge in [0.2, 0.25) is 5.91 Å². The summed E-state index contributed by atoms with van der Waals surface area (Å²) < 4.78 is 7.71. The highest BCUT2D eigenvalue weighted by Crippen LogP contribution is 2.20. The molecule has 0 aliphatic carbocycles. The second-order valence-electron chi connectivity index (χ2n) is 3.89. The third-order valence-corrected chi connectivity index (χ3v) is 3.15. The van der Waals surface area contributed by atoms with Crippen molar-refractivity contribution in [2.45, 2.75) is 13.0 Å². The smallest absolute Gasteiger partial charge is 0.221 e. The number of methoxy groups -OCH3 is 1. The fourth-order valence-corrected chi connectivity index (χ4v) is 2.12. The van der Waals surface area contributed by atoms with Gasteiger partial charge in [-0.25, -0.2) is 0 Å². The third-order valence-electron chi connectivity index (χ3n) is 2.82. The molecule has 0 fully saturated rings. The first-order valence-electron chi connectivity index (χ1n) is 5.63. The fourth-order valence-electron chi connectivity index (χ4n) is 1.82. The van der Waals surface area contributed by atoms with E-state index in [4.69, 9.17) is 17.0 Å². The van der Waals surface area contributed by atoms with Crippen LogP contribution in [0, 0.1) is 4.77 Å². The Labute approximate surface area is 110 Å². The van der Waals surface area contributed by atoms with Crippen molar-refractivity contribution < 1.29 is 9.53 Å². The lowest BCUT2D eigenvalue weighted by Crippen LogP contribution is -2.19. The number of aromatic nitrogens is 2. The second kappa shape index (κ2) is 5.22.